The Morgan fingerprint density at radius 3 is 2.54 bits per heavy atom. The third kappa shape index (κ3) is 2.17. The zero-order chi connectivity index (χ0) is 19.4. The lowest BCUT2D eigenvalue weighted by molar-refractivity contribution is -0.691. The molecule has 6 nitrogen and oxygen atoms in total. The quantitative estimate of drug-likeness (QED) is 0.665. The second-order valence-electron chi connectivity index (χ2n) is 7.30. The Morgan fingerprint density at radius 1 is 1.04 bits per heavy atom. The van der Waals surface area contributed by atoms with Crippen LogP contribution in [0.5, 0.6) is 5.88 Å². The van der Waals surface area contributed by atoms with Crippen LogP contribution in [0.15, 0.2) is 59.4 Å². The maximum atomic E-state index is 13.7. The molecule has 1 saturated heterocycles. The van der Waals surface area contributed by atoms with Gasteiger partial charge in [-0.15, -0.1) is 0 Å². The van der Waals surface area contributed by atoms with Gasteiger partial charge < -0.3 is 10.0 Å². The van der Waals surface area contributed by atoms with E-state index in [-0.39, 0.29) is 29.0 Å². The van der Waals surface area contributed by atoms with Gasteiger partial charge in [-0.05, 0) is 30.5 Å². The van der Waals surface area contributed by atoms with Gasteiger partial charge in [-0.25, -0.2) is 9.36 Å². The van der Waals surface area contributed by atoms with Crippen LogP contribution in [0.3, 0.4) is 0 Å². The molecule has 0 bridgehead atoms. The van der Waals surface area contributed by atoms with E-state index < -0.39 is 0 Å². The molecule has 2 aliphatic rings. The summed E-state index contributed by atoms with van der Waals surface area (Å²) in [5.74, 6) is 0.487. The van der Waals surface area contributed by atoms with Gasteiger partial charge in [-0.2, -0.15) is 4.57 Å². The standard InChI is InChI=1S/C22H19N3O3/c1-23-19-17-12-7-13-24(17)20(26)15-10-5-6-11-16(15)25(19)22(28)18(21(23)27)14-8-3-2-4-9-14/h2-6,8-11,17H,7,12-13H2,1H3/p+1. The molecular weight excluding hydrogens is 354 g/mol. The highest BCUT2D eigenvalue weighted by Gasteiger charge is 2.45. The number of para-hydroxylation sites is 1. The Hall–Kier alpha value is -3.41. The summed E-state index contributed by atoms with van der Waals surface area (Å²) in [5.41, 5.74) is 1.65. The van der Waals surface area contributed by atoms with Gasteiger partial charge in [-0.3, -0.25) is 4.79 Å². The average Bonchev–Trinajstić information content (AvgIpc) is 3.17. The molecule has 0 radical (unpaired) electrons. The number of nitrogens with zero attached hydrogens (tertiary/aromatic N) is 3. The number of aromatic nitrogens is 2. The van der Waals surface area contributed by atoms with Crippen molar-refractivity contribution in [2.45, 2.75) is 18.9 Å². The highest BCUT2D eigenvalue weighted by Crippen LogP contribution is 2.37. The van der Waals surface area contributed by atoms with Gasteiger partial charge in [0.2, 0.25) is 0 Å². The first-order chi connectivity index (χ1) is 13.6. The third-order valence-electron chi connectivity index (χ3n) is 5.78. The van der Waals surface area contributed by atoms with E-state index >= 15 is 0 Å². The van der Waals surface area contributed by atoms with Crippen molar-refractivity contribution in [3.05, 3.63) is 76.3 Å². The van der Waals surface area contributed by atoms with Crippen molar-refractivity contribution in [1.29, 1.82) is 0 Å². The Balaban J connectivity index is 1.93. The highest BCUT2D eigenvalue weighted by molar-refractivity contribution is 5.98. The highest BCUT2D eigenvalue weighted by atomic mass is 16.3. The molecule has 1 amide bonds. The molecule has 1 unspecified atom stereocenters. The molecule has 2 aliphatic heterocycles. The lowest BCUT2D eigenvalue weighted by atomic mass is 10.1. The smallest absolute Gasteiger partial charge is 0.354 e. The molecule has 0 spiro atoms. The van der Waals surface area contributed by atoms with Gasteiger partial charge in [0, 0.05) is 6.54 Å². The molecule has 1 atom stereocenters. The number of fused-ring (bicyclic) bond motifs is 5. The minimum Gasteiger partial charge on any atom is -0.477 e. The first kappa shape index (κ1) is 16.7. The molecule has 1 N–H and O–H groups in total. The lowest BCUT2D eigenvalue weighted by Crippen LogP contribution is -2.46. The SMILES string of the molecule is C[n+]1c(O)c(-c2ccccc2)c(=O)n2c1C1CCCN1C(=O)c1ccccc1-2. The van der Waals surface area contributed by atoms with Crippen molar-refractivity contribution in [1.82, 2.24) is 9.47 Å². The van der Waals surface area contributed by atoms with Gasteiger partial charge in [0.25, 0.3) is 17.6 Å². The summed E-state index contributed by atoms with van der Waals surface area (Å²) in [5, 5.41) is 11.0. The molecule has 0 saturated carbocycles. The van der Waals surface area contributed by atoms with E-state index in [1.807, 2.05) is 35.2 Å². The molecule has 140 valence electrons. The summed E-state index contributed by atoms with van der Waals surface area (Å²) in [7, 11) is 1.75. The van der Waals surface area contributed by atoms with Gasteiger partial charge in [-0.1, -0.05) is 42.5 Å². The normalized spacial score (nSPS) is 17.7. The minimum absolute atomic E-state index is 0.0676. The fraction of sp³-hybridized carbons (Fsp3) is 0.227. The van der Waals surface area contributed by atoms with Gasteiger partial charge in [0.15, 0.2) is 5.56 Å². The summed E-state index contributed by atoms with van der Waals surface area (Å²) in [4.78, 5) is 28.7. The van der Waals surface area contributed by atoms with Crippen LogP contribution in [0.4, 0.5) is 0 Å². The number of carbonyl (C=O) groups excluding carboxylic acids is 1. The van der Waals surface area contributed by atoms with Crippen LogP contribution >= 0.6 is 0 Å². The van der Waals surface area contributed by atoms with Crippen molar-refractivity contribution in [3.63, 3.8) is 0 Å². The van der Waals surface area contributed by atoms with Crippen LogP contribution in [-0.4, -0.2) is 27.0 Å². The molecule has 1 aromatic heterocycles. The second kappa shape index (κ2) is 6.05. The van der Waals surface area contributed by atoms with E-state index in [0.29, 0.717) is 29.2 Å². The molecule has 6 heteroatoms. The number of hydrogen-bond acceptors (Lipinski definition) is 3. The van der Waals surface area contributed by atoms with Crippen LogP contribution in [0.2, 0.25) is 0 Å². The Morgan fingerprint density at radius 2 is 1.75 bits per heavy atom. The van der Waals surface area contributed by atoms with E-state index in [9.17, 15) is 14.7 Å². The number of rotatable bonds is 1. The van der Waals surface area contributed by atoms with Crippen LogP contribution in [-0.2, 0) is 7.05 Å². The van der Waals surface area contributed by atoms with Gasteiger partial charge in [0.1, 0.15) is 11.7 Å². The Labute approximate surface area is 161 Å². The third-order valence-corrected chi connectivity index (χ3v) is 5.78. The zero-order valence-corrected chi connectivity index (χ0v) is 15.5. The van der Waals surface area contributed by atoms with Crippen molar-refractivity contribution in [3.8, 4) is 22.7 Å². The summed E-state index contributed by atoms with van der Waals surface area (Å²) < 4.78 is 3.27. The van der Waals surface area contributed by atoms with Crippen molar-refractivity contribution in [2.75, 3.05) is 6.54 Å². The molecule has 1 fully saturated rings. The average molecular weight is 374 g/mol. The topological polar surface area (TPSA) is 66.4 Å². The molecular formula is C22H20N3O3+. The maximum Gasteiger partial charge on any atom is 0.354 e. The fourth-order valence-electron chi connectivity index (χ4n) is 4.48. The molecule has 3 aromatic rings. The molecule has 28 heavy (non-hydrogen) atoms. The number of carbonyl (C=O) groups is 1. The summed E-state index contributed by atoms with van der Waals surface area (Å²) in [6.45, 7) is 0.646. The van der Waals surface area contributed by atoms with Crippen molar-refractivity contribution >= 4 is 5.91 Å². The van der Waals surface area contributed by atoms with Gasteiger partial charge >= 0.3 is 5.56 Å². The minimum atomic E-state index is -0.314. The summed E-state index contributed by atoms with van der Waals surface area (Å²) in [6.07, 6.45) is 1.63. The first-order valence-electron chi connectivity index (χ1n) is 9.43. The number of hydrogen-bond donors (Lipinski definition) is 1. The molecule has 3 heterocycles. The van der Waals surface area contributed by atoms with E-state index in [0.717, 1.165) is 12.8 Å². The van der Waals surface area contributed by atoms with E-state index in [1.54, 1.807) is 40.4 Å². The van der Waals surface area contributed by atoms with E-state index in [2.05, 4.69) is 0 Å². The van der Waals surface area contributed by atoms with Crippen molar-refractivity contribution in [2.24, 2.45) is 7.05 Å². The molecule has 5 rings (SSSR count). The fourth-order valence-corrected chi connectivity index (χ4v) is 4.48. The maximum absolute atomic E-state index is 13.7. The largest absolute Gasteiger partial charge is 0.477 e. The van der Waals surface area contributed by atoms with Crippen LogP contribution < -0.4 is 10.1 Å². The number of aromatic hydroxyl groups is 1. The second-order valence-corrected chi connectivity index (χ2v) is 7.30. The van der Waals surface area contributed by atoms with E-state index in [4.69, 9.17) is 0 Å². The van der Waals surface area contributed by atoms with Crippen molar-refractivity contribution < 1.29 is 14.5 Å². The predicted molar refractivity (Wildman–Crippen MR) is 103 cm³/mol. The molecule has 0 aliphatic carbocycles. The summed E-state index contributed by atoms with van der Waals surface area (Å²) >= 11 is 0. The van der Waals surface area contributed by atoms with Crippen LogP contribution in [0, 0.1) is 0 Å². The monoisotopic (exact) mass is 374 g/mol. The summed E-state index contributed by atoms with van der Waals surface area (Å²) in [6, 6.07) is 16.1. The number of amides is 1. The number of benzene rings is 2. The Kier molecular flexibility index (Phi) is 3.62. The lowest BCUT2D eigenvalue weighted by Gasteiger charge is -2.21. The Bertz CT molecular complexity index is 1170. The van der Waals surface area contributed by atoms with E-state index in [1.165, 1.54) is 0 Å². The van der Waals surface area contributed by atoms with Gasteiger partial charge in [0.05, 0.1) is 12.6 Å². The zero-order valence-electron chi connectivity index (χ0n) is 15.5. The van der Waals surface area contributed by atoms with Crippen LogP contribution in [0.25, 0.3) is 16.8 Å². The first-order valence-corrected chi connectivity index (χ1v) is 9.43. The van der Waals surface area contributed by atoms with Crippen LogP contribution in [0.1, 0.15) is 35.1 Å². The molecule has 2 aromatic carbocycles. The predicted octanol–water partition coefficient (Wildman–Crippen LogP) is 2.33.